The zero-order valence-corrected chi connectivity index (χ0v) is 10.3. The molecule has 1 aromatic heterocycles. The Balaban J connectivity index is 2.43. The van der Waals surface area contributed by atoms with E-state index >= 15 is 0 Å². The van der Waals surface area contributed by atoms with Crippen molar-refractivity contribution in [3.8, 4) is 6.07 Å². The molecule has 1 heterocycles. The normalized spacial score (nSPS) is 13.8. The smallest absolute Gasteiger partial charge is 0.127 e. The molecule has 1 rings (SSSR count). The molecule has 5 heteroatoms. The first-order chi connectivity index (χ1) is 7.63. The third-order valence-corrected chi connectivity index (χ3v) is 3.68. The second kappa shape index (κ2) is 6.23. The molecule has 0 bridgehead atoms. The lowest BCUT2D eigenvalue weighted by atomic mass is 10.3. The van der Waals surface area contributed by atoms with Crippen LogP contribution in [0.15, 0.2) is 18.3 Å². The van der Waals surface area contributed by atoms with Crippen LogP contribution in [0.1, 0.15) is 18.9 Å². The molecule has 0 fully saturated rings. The van der Waals surface area contributed by atoms with Gasteiger partial charge in [0.25, 0.3) is 0 Å². The molecule has 0 radical (unpaired) electrons. The van der Waals surface area contributed by atoms with Crippen LogP contribution in [0.3, 0.4) is 0 Å². The summed E-state index contributed by atoms with van der Waals surface area (Å²) in [5, 5.41) is 12.0. The fourth-order valence-corrected chi connectivity index (χ4v) is 1.62. The van der Waals surface area contributed by atoms with Gasteiger partial charge < -0.3 is 5.32 Å². The second-order valence-electron chi connectivity index (χ2n) is 3.57. The lowest BCUT2D eigenvalue weighted by Crippen LogP contribution is -2.15. The first kappa shape index (κ1) is 12.7. The van der Waals surface area contributed by atoms with Crippen molar-refractivity contribution in [2.45, 2.75) is 18.6 Å². The summed E-state index contributed by atoms with van der Waals surface area (Å²) < 4.78 is 11.1. The summed E-state index contributed by atoms with van der Waals surface area (Å²) in [6.07, 6.45) is 4.13. The van der Waals surface area contributed by atoms with Crippen LogP contribution in [0, 0.1) is 11.3 Å². The van der Waals surface area contributed by atoms with E-state index in [1.54, 1.807) is 24.6 Å². The molecule has 0 spiro atoms. The summed E-state index contributed by atoms with van der Waals surface area (Å²) in [4.78, 5) is 4.09. The molecular formula is C11H15N3OS. The van der Waals surface area contributed by atoms with Gasteiger partial charge in [-0.25, -0.2) is 4.98 Å². The Morgan fingerprint density at radius 3 is 3.06 bits per heavy atom. The number of aromatic nitrogens is 1. The molecule has 0 aromatic carbocycles. The van der Waals surface area contributed by atoms with Gasteiger partial charge >= 0.3 is 0 Å². The van der Waals surface area contributed by atoms with Gasteiger partial charge in [-0.3, -0.25) is 4.21 Å². The average molecular weight is 237 g/mol. The highest BCUT2D eigenvalue weighted by Crippen LogP contribution is 2.06. The number of pyridine rings is 1. The van der Waals surface area contributed by atoms with Crippen molar-refractivity contribution in [2.75, 3.05) is 18.1 Å². The maximum atomic E-state index is 11.1. The van der Waals surface area contributed by atoms with Gasteiger partial charge in [0.05, 0.1) is 11.6 Å². The fourth-order valence-electron chi connectivity index (χ4n) is 1.17. The molecule has 0 saturated carbocycles. The Morgan fingerprint density at radius 1 is 1.69 bits per heavy atom. The van der Waals surface area contributed by atoms with Crippen molar-refractivity contribution in [3.05, 3.63) is 23.9 Å². The van der Waals surface area contributed by atoms with Crippen LogP contribution in [0.2, 0.25) is 0 Å². The number of rotatable bonds is 5. The first-order valence-corrected chi connectivity index (χ1v) is 6.68. The van der Waals surface area contributed by atoms with Crippen LogP contribution in [-0.4, -0.2) is 27.2 Å². The predicted molar refractivity (Wildman–Crippen MR) is 65.6 cm³/mol. The monoisotopic (exact) mass is 237 g/mol. The summed E-state index contributed by atoms with van der Waals surface area (Å²) in [7, 11) is -0.787. The Morgan fingerprint density at radius 2 is 2.44 bits per heavy atom. The zero-order valence-electron chi connectivity index (χ0n) is 9.43. The van der Waals surface area contributed by atoms with E-state index in [1.807, 2.05) is 6.92 Å². The molecule has 86 valence electrons. The van der Waals surface area contributed by atoms with Crippen LogP contribution in [-0.2, 0) is 10.8 Å². The minimum Gasteiger partial charge on any atom is -0.370 e. The molecule has 2 unspecified atom stereocenters. The van der Waals surface area contributed by atoms with Gasteiger partial charge in [-0.15, -0.1) is 0 Å². The van der Waals surface area contributed by atoms with Crippen molar-refractivity contribution in [1.29, 1.82) is 5.26 Å². The number of nitriles is 1. The van der Waals surface area contributed by atoms with Crippen LogP contribution in [0.4, 0.5) is 5.82 Å². The maximum absolute atomic E-state index is 11.1. The van der Waals surface area contributed by atoms with Gasteiger partial charge in [0, 0.05) is 35.0 Å². The zero-order chi connectivity index (χ0) is 12.0. The molecule has 4 nitrogen and oxygen atoms in total. The highest BCUT2D eigenvalue weighted by Gasteiger charge is 2.05. The third kappa shape index (κ3) is 3.99. The minimum absolute atomic E-state index is 0.173. The molecule has 0 aliphatic heterocycles. The lowest BCUT2D eigenvalue weighted by Gasteiger charge is -2.09. The van der Waals surface area contributed by atoms with Crippen LogP contribution in [0.25, 0.3) is 0 Å². The van der Waals surface area contributed by atoms with E-state index in [0.29, 0.717) is 17.9 Å². The molecule has 0 amide bonds. The molecule has 0 saturated heterocycles. The van der Waals surface area contributed by atoms with E-state index in [0.717, 1.165) is 6.42 Å². The van der Waals surface area contributed by atoms with Crippen LogP contribution in [0.5, 0.6) is 0 Å². The topological polar surface area (TPSA) is 65.8 Å². The molecule has 0 aliphatic rings. The summed E-state index contributed by atoms with van der Waals surface area (Å²) in [6.45, 7) is 2.67. The third-order valence-electron chi connectivity index (χ3n) is 2.31. The van der Waals surface area contributed by atoms with E-state index < -0.39 is 10.8 Å². The number of anilines is 1. The fraction of sp³-hybridized carbons (Fsp3) is 0.455. The van der Waals surface area contributed by atoms with Crippen LogP contribution < -0.4 is 5.32 Å². The molecule has 2 atom stereocenters. The van der Waals surface area contributed by atoms with Crippen LogP contribution >= 0.6 is 0 Å². The van der Waals surface area contributed by atoms with Crippen molar-refractivity contribution in [2.24, 2.45) is 0 Å². The Kier molecular flexibility index (Phi) is 4.93. The van der Waals surface area contributed by atoms with E-state index in [9.17, 15) is 4.21 Å². The predicted octanol–water partition coefficient (Wildman–Crippen LogP) is 1.52. The van der Waals surface area contributed by atoms with Gasteiger partial charge in [-0.2, -0.15) is 5.26 Å². The van der Waals surface area contributed by atoms with E-state index in [2.05, 4.69) is 16.4 Å². The second-order valence-corrected chi connectivity index (χ2v) is 5.37. The number of nitrogens with one attached hydrogen (secondary N) is 1. The largest absolute Gasteiger partial charge is 0.370 e. The van der Waals surface area contributed by atoms with Crippen molar-refractivity contribution in [1.82, 2.24) is 4.98 Å². The lowest BCUT2D eigenvalue weighted by molar-refractivity contribution is 0.672. The molecule has 16 heavy (non-hydrogen) atoms. The molecule has 1 aromatic rings. The Labute approximate surface area is 98.2 Å². The van der Waals surface area contributed by atoms with Gasteiger partial charge in [0.15, 0.2) is 0 Å². The van der Waals surface area contributed by atoms with E-state index in [-0.39, 0.29) is 5.25 Å². The van der Waals surface area contributed by atoms with Gasteiger partial charge in [0.1, 0.15) is 5.82 Å². The summed E-state index contributed by atoms with van der Waals surface area (Å²) in [5.41, 5.74) is 0.588. The average Bonchev–Trinajstić information content (AvgIpc) is 2.29. The standard InChI is InChI=1S/C11H15N3OS/c1-9(16(2)15)3-5-13-11-7-10(8-12)4-6-14-11/h4,6-7,9H,3,5H2,1-2H3,(H,13,14). The van der Waals surface area contributed by atoms with Gasteiger partial charge in [-0.05, 0) is 18.6 Å². The quantitative estimate of drug-likeness (QED) is 0.843. The maximum Gasteiger partial charge on any atom is 0.127 e. The Hall–Kier alpha value is -1.41. The summed E-state index contributed by atoms with van der Waals surface area (Å²) in [6, 6.07) is 5.42. The summed E-state index contributed by atoms with van der Waals surface area (Å²) >= 11 is 0. The van der Waals surface area contributed by atoms with Gasteiger partial charge in [-0.1, -0.05) is 6.92 Å². The van der Waals surface area contributed by atoms with E-state index in [4.69, 9.17) is 5.26 Å². The minimum atomic E-state index is -0.787. The summed E-state index contributed by atoms with van der Waals surface area (Å²) in [5.74, 6) is 0.688. The van der Waals surface area contributed by atoms with Crippen molar-refractivity contribution >= 4 is 16.6 Å². The van der Waals surface area contributed by atoms with Crippen molar-refractivity contribution < 1.29 is 4.21 Å². The van der Waals surface area contributed by atoms with Gasteiger partial charge in [0.2, 0.25) is 0 Å². The highest BCUT2D eigenvalue weighted by atomic mass is 32.2. The van der Waals surface area contributed by atoms with Crippen molar-refractivity contribution in [3.63, 3.8) is 0 Å². The first-order valence-electron chi connectivity index (χ1n) is 5.05. The number of nitrogens with zero attached hydrogens (tertiary/aromatic N) is 2. The number of hydrogen-bond donors (Lipinski definition) is 1. The Bertz CT molecular complexity index is 414. The van der Waals surface area contributed by atoms with E-state index in [1.165, 1.54) is 0 Å². The molecular weight excluding hydrogens is 222 g/mol. The number of hydrogen-bond acceptors (Lipinski definition) is 4. The molecule has 0 aliphatic carbocycles. The molecule has 1 N–H and O–H groups in total. The highest BCUT2D eigenvalue weighted by molar-refractivity contribution is 7.84. The SMILES string of the molecule is CC(CCNc1cc(C#N)ccn1)S(C)=O.